The molecular formula is C18H20BrNO3S. The van der Waals surface area contributed by atoms with Gasteiger partial charge in [-0.25, -0.2) is 4.79 Å². The summed E-state index contributed by atoms with van der Waals surface area (Å²) in [5, 5.41) is 2.75. The highest BCUT2D eigenvalue weighted by Gasteiger charge is 2.15. The lowest BCUT2D eigenvalue weighted by Crippen LogP contribution is -2.21. The maximum Gasteiger partial charge on any atom is 0.348 e. The Bertz CT molecular complexity index is 755. The summed E-state index contributed by atoms with van der Waals surface area (Å²) in [6.45, 7) is 5.70. The highest BCUT2D eigenvalue weighted by molar-refractivity contribution is 9.10. The number of halogens is 1. The Labute approximate surface area is 154 Å². The van der Waals surface area contributed by atoms with Crippen LogP contribution in [0, 0.1) is 13.8 Å². The van der Waals surface area contributed by atoms with E-state index in [0.717, 1.165) is 27.8 Å². The van der Waals surface area contributed by atoms with Crippen molar-refractivity contribution in [2.75, 3.05) is 11.9 Å². The second kappa shape index (κ2) is 8.44. The number of benzene rings is 1. The number of hydrogen-bond acceptors (Lipinski definition) is 4. The number of esters is 1. The normalized spacial score (nSPS) is 10.5. The van der Waals surface area contributed by atoms with Crippen molar-refractivity contribution in [3.05, 3.63) is 49.6 Å². The van der Waals surface area contributed by atoms with Crippen molar-refractivity contribution in [1.29, 1.82) is 0 Å². The van der Waals surface area contributed by atoms with Crippen LogP contribution in [0.15, 0.2) is 28.7 Å². The first-order chi connectivity index (χ1) is 11.4. The van der Waals surface area contributed by atoms with E-state index >= 15 is 0 Å². The lowest BCUT2D eigenvalue weighted by atomic mass is 10.1. The summed E-state index contributed by atoms with van der Waals surface area (Å²) in [4.78, 5) is 25.7. The van der Waals surface area contributed by atoms with Gasteiger partial charge in [-0.15, -0.1) is 11.3 Å². The Balaban J connectivity index is 1.91. The zero-order valence-corrected chi connectivity index (χ0v) is 16.3. The Hall–Kier alpha value is -1.66. The molecule has 1 heterocycles. The van der Waals surface area contributed by atoms with Crippen molar-refractivity contribution in [3.63, 3.8) is 0 Å². The Morgan fingerprint density at radius 2 is 2.00 bits per heavy atom. The molecule has 0 saturated heterocycles. The molecule has 0 aliphatic heterocycles. The summed E-state index contributed by atoms with van der Waals surface area (Å²) in [6, 6.07) is 7.42. The first-order valence-corrected chi connectivity index (χ1v) is 9.34. The van der Waals surface area contributed by atoms with E-state index < -0.39 is 5.97 Å². The molecule has 0 aliphatic rings. The zero-order chi connectivity index (χ0) is 17.7. The van der Waals surface area contributed by atoms with Crippen molar-refractivity contribution in [2.45, 2.75) is 33.6 Å². The van der Waals surface area contributed by atoms with E-state index in [0.29, 0.717) is 10.6 Å². The van der Waals surface area contributed by atoms with Crippen molar-refractivity contribution in [2.24, 2.45) is 0 Å². The van der Waals surface area contributed by atoms with Crippen LogP contribution in [-0.4, -0.2) is 18.5 Å². The molecule has 0 bridgehead atoms. The molecule has 1 amide bonds. The topological polar surface area (TPSA) is 55.4 Å². The fourth-order valence-electron chi connectivity index (χ4n) is 2.29. The third kappa shape index (κ3) is 4.92. The molecule has 0 aliphatic carbocycles. The van der Waals surface area contributed by atoms with Gasteiger partial charge in [0.15, 0.2) is 6.61 Å². The molecule has 1 aromatic carbocycles. The number of carbonyl (C=O) groups is 2. The molecule has 0 saturated carbocycles. The minimum absolute atomic E-state index is 0.297. The van der Waals surface area contributed by atoms with Crippen molar-refractivity contribution >= 4 is 44.8 Å². The number of ether oxygens (including phenoxy) is 1. The minimum Gasteiger partial charge on any atom is -0.451 e. The number of aryl methyl sites for hydroxylation is 3. The smallest absolute Gasteiger partial charge is 0.348 e. The van der Waals surface area contributed by atoms with Crippen molar-refractivity contribution < 1.29 is 14.3 Å². The van der Waals surface area contributed by atoms with E-state index in [9.17, 15) is 9.59 Å². The van der Waals surface area contributed by atoms with Crippen molar-refractivity contribution in [3.8, 4) is 0 Å². The molecule has 2 rings (SSSR count). The molecule has 6 heteroatoms. The molecule has 4 nitrogen and oxygen atoms in total. The summed E-state index contributed by atoms with van der Waals surface area (Å²) < 4.78 is 6.07. The fraction of sp³-hybridized carbons (Fsp3) is 0.333. The number of anilines is 1. The largest absolute Gasteiger partial charge is 0.451 e. The molecule has 0 atom stereocenters. The van der Waals surface area contributed by atoms with Gasteiger partial charge >= 0.3 is 5.97 Å². The molecule has 2 aromatic rings. The molecule has 0 radical (unpaired) electrons. The zero-order valence-electron chi connectivity index (χ0n) is 13.9. The van der Waals surface area contributed by atoms with Crippen LogP contribution in [0.4, 0.5) is 5.69 Å². The van der Waals surface area contributed by atoms with Crippen LogP contribution in [0.25, 0.3) is 0 Å². The summed E-state index contributed by atoms with van der Waals surface area (Å²) in [5.74, 6) is -0.802. The van der Waals surface area contributed by atoms with Gasteiger partial charge in [-0.1, -0.05) is 29.3 Å². The summed E-state index contributed by atoms with van der Waals surface area (Å²) in [6.07, 6.45) is 1.97. The van der Waals surface area contributed by atoms with Crippen LogP contribution in [0.1, 0.15) is 39.0 Å². The lowest BCUT2D eigenvalue weighted by Gasteiger charge is -2.09. The molecule has 1 aromatic heterocycles. The number of hydrogen-bond donors (Lipinski definition) is 1. The average molecular weight is 410 g/mol. The van der Waals surface area contributed by atoms with Crippen LogP contribution in [0.3, 0.4) is 0 Å². The van der Waals surface area contributed by atoms with Crippen LogP contribution >= 0.6 is 27.3 Å². The summed E-state index contributed by atoms with van der Waals surface area (Å²) in [5.41, 5.74) is 2.81. The Morgan fingerprint density at radius 3 is 2.67 bits per heavy atom. The first-order valence-electron chi connectivity index (χ1n) is 7.73. The molecular weight excluding hydrogens is 390 g/mol. The number of carbonyl (C=O) groups excluding carboxylic acids is 2. The van der Waals surface area contributed by atoms with Gasteiger partial charge < -0.3 is 10.1 Å². The maximum absolute atomic E-state index is 12.1. The van der Waals surface area contributed by atoms with Crippen LogP contribution in [-0.2, 0) is 16.0 Å². The van der Waals surface area contributed by atoms with E-state index in [1.807, 2.05) is 32.0 Å². The SMILES string of the molecule is CCCc1cc(C(=O)OCC(=O)Nc2ccc(Br)cc2C)sc1C. The van der Waals surface area contributed by atoms with E-state index in [2.05, 4.69) is 28.2 Å². The monoisotopic (exact) mass is 409 g/mol. The number of nitrogens with one attached hydrogen (secondary N) is 1. The van der Waals surface area contributed by atoms with Gasteiger partial charge in [-0.05, 0) is 55.7 Å². The molecule has 0 spiro atoms. The van der Waals surface area contributed by atoms with E-state index in [-0.39, 0.29) is 12.5 Å². The van der Waals surface area contributed by atoms with E-state index in [1.54, 1.807) is 6.07 Å². The summed E-state index contributed by atoms with van der Waals surface area (Å²) in [7, 11) is 0. The van der Waals surface area contributed by atoms with Crippen LogP contribution in [0.2, 0.25) is 0 Å². The minimum atomic E-state index is -0.451. The second-order valence-corrected chi connectivity index (χ2v) is 7.70. The first kappa shape index (κ1) is 18.7. The highest BCUT2D eigenvalue weighted by Crippen LogP contribution is 2.24. The van der Waals surface area contributed by atoms with Gasteiger partial charge in [0.05, 0.1) is 0 Å². The number of thiophene rings is 1. The van der Waals surface area contributed by atoms with Gasteiger partial charge in [-0.3, -0.25) is 4.79 Å². The van der Waals surface area contributed by atoms with Gasteiger partial charge in [0, 0.05) is 15.0 Å². The predicted octanol–water partition coefficient (Wildman–Crippen LogP) is 4.88. The molecule has 0 fully saturated rings. The van der Waals surface area contributed by atoms with Crippen LogP contribution in [0.5, 0.6) is 0 Å². The molecule has 24 heavy (non-hydrogen) atoms. The molecule has 128 valence electrons. The highest BCUT2D eigenvalue weighted by atomic mass is 79.9. The fourth-order valence-corrected chi connectivity index (χ4v) is 3.73. The average Bonchev–Trinajstić information content (AvgIpc) is 2.89. The standard InChI is InChI=1S/C18H20BrNO3S/c1-4-5-13-9-16(24-12(13)3)18(22)23-10-17(21)20-15-7-6-14(19)8-11(15)2/h6-9H,4-5,10H2,1-3H3,(H,20,21). The van der Waals surface area contributed by atoms with Gasteiger partial charge in [-0.2, -0.15) is 0 Å². The van der Waals surface area contributed by atoms with Crippen LogP contribution < -0.4 is 5.32 Å². The van der Waals surface area contributed by atoms with Crippen molar-refractivity contribution in [1.82, 2.24) is 0 Å². The lowest BCUT2D eigenvalue weighted by molar-refractivity contribution is -0.119. The number of rotatable bonds is 6. The molecule has 1 N–H and O–H groups in total. The third-order valence-corrected chi connectivity index (χ3v) is 5.10. The Morgan fingerprint density at radius 1 is 1.25 bits per heavy atom. The van der Waals surface area contributed by atoms with Gasteiger partial charge in [0.25, 0.3) is 5.91 Å². The van der Waals surface area contributed by atoms with Gasteiger partial charge in [0.2, 0.25) is 0 Å². The quantitative estimate of drug-likeness (QED) is 0.691. The van der Waals surface area contributed by atoms with E-state index in [4.69, 9.17) is 4.74 Å². The maximum atomic E-state index is 12.1. The number of amides is 1. The predicted molar refractivity (Wildman–Crippen MR) is 101 cm³/mol. The third-order valence-electron chi connectivity index (χ3n) is 3.54. The molecule has 0 unspecified atom stereocenters. The van der Waals surface area contributed by atoms with E-state index in [1.165, 1.54) is 16.9 Å². The summed E-state index contributed by atoms with van der Waals surface area (Å²) >= 11 is 4.79. The van der Waals surface area contributed by atoms with Gasteiger partial charge in [0.1, 0.15) is 4.88 Å². The Kier molecular flexibility index (Phi) is 6.57. The second-order valence-electron chi connectivity index (χ2n) is 5.53.